The predicted octanol–water partition coefficient (Wildman–Crippen LogP) is 2.59. The Morgan fingerprint density at radius 1 is 1.40 bits per heavy atom. The van der Waals surface area contributed by atoms with Gasteiger partial charge in [0.1, 0.15) is 0 Å². The lowest BCUT2D eigenvalue weighted by Crippen LogP contribution is -2.37. The van der Waals surface area contributed by atoms with Gasteiger partial charge in [-0.15, -0.1) is 5.10 Å². The Hall–Kier alpha value is -1.93. The summed E-state index contributed by atoms with van der Waals surface area (Å²) >= 11 is 5.98. The molecule has 1 aromatic heterocycles. The molecule has 3 rings (SSSR count). The number of rotatable bonds is 5. The highest BCUT2D eigenvalue weighted by molar-refractivity contribution is 7.91. The van der Waals surface area contributed by atoms with Gasteiger partial charge in [0.15, 0.2) is 15.7 Å². The molecular formula is C16H20ClN5O2S. The van der Waals surface area contributed by atoms with E-state index in [-0.39, 0.29) is 17.5 Å². The fourth-order valence-corrected chi connectivity index (χ4v) is 4.92. The van der Waals surface area contributed by atoms with Crippen molar-refractivity contribution in [3.8, 4) is 0 Å². The van der Waals surface area contributed by atoms with Crippen LogP contribution >= 0.6 is 11.6 Å². The molecule has 1 saturated heterocycles. The van der Waals surface area contributed by atoms with Crippen LogP contribution in [0.4, 0.5) is 17.5 Å². The molecular weight excluding hydrogens is 362 g/mol. The topological polar surface area (TPSA) is 88.1 Å². The number of anilines is 3. The first-order chi connectivity index (χ1) is 11.9. The molecule has 1 atom stereocenters. The molecule has 0 amide bonds. The van der Waals surface area contributed by atoms with Crippen LogP contribution < -0.4 is 10.2 Å². The van der Waals surface area contributed by atoms with Crippen molar-refractivity contribution >= 4 is 38.9 Å². The van der Waals surface area contributed by atoms with Gasteiger partial charge in [-0.3, -0.25) is 0 Å². The maximum atomic E-state index is 11.8. The molecule has 1 N–H and O–H groups in total. The lowest BCUT2D eigenvalue weighted by Gasteiger charge is -2.26. The SMILES string of the molecule is CCN(c1nncc(Nc2ccc(Cl)cc2C)n1)C1CCS(=O)(=O)C1. The fourth-order valence-electron chi connectivity index (χ4n) is 2.97. The lowest BCUT2D eigenvalue weighted by atomic mass is 10.2. The molecule has 1 aliphatic heterocycles. The Morgan fingerprint density at radius 3 is 2.84 bits per heavy atom. The van der Waals surface area contributed by atoms with Crippen molar-refractivity contribution in [2.45, 2.75) is 26.3 Å². The summed E-state index contributed by atoms with van der Waals surface area (Å²) in [6.45, 7) is 4.52. The third kappa shape index (κ3) is 4.19. The molecule has 0 spiro atoms. The van der Waals surface area contributed by atoms with Gasteiger partial charge in [0.25, 0.3) is 0 Å². The summed E-state index contributed by atoms with van der Waals surface area (Å²) in [6, 6.07) is 5.43. The van der Waals surface area contributed by atoms with E-state index in [9.17, 15) is 8.42 Å². The van der Waals surface area contributed by atoms with E-state index in [0.717, 1.165) is 11.3 Å². The second-order valence-corrected chi connectivity index (χ2v) is 8.73. The van der Waals surface area contributed by atoms with Crippen molar-refractivity contribution in [1.29, 1.82) is 0 Å². The van der Waals surface area contributed by atoms with Crippen LogP contribution in [0, 0.1) is 6.92 Å². The smallest absolute Gasteiger partial charge is 0.247 e. The molecule has 25 heavy (non-hydrogen) atoms. The van der Waals surface area contributed by atoms with Crippen molar-refractivity contribution in [2.24, 2.45) is 0 Å². The summed E-state index contributed by atoms with van der Waals surface area (Å²) in [7, 11) is -2.97. The second kappa shape index (κ2) is 7.13. The Bertz CT molecular complexity index is 875. The molecule has 2 aromatic rings. The van der Waals surface area contributed by atoms with Gasteiger partial charge in [-0.25, -0.2) is 8.42 Å². The van der Waals surface area contributed by atoms with E-state index in [2.05, 4.69) is 20.5 Å². The summed E-state index contributed by atoms with van der Waals surface area (Å²) < 4.78 is 23.5. The molecule has 1 aromatic carbocycles. The van der Waals surface area contributed by atoms with E-state index in [1.165, 1.54) is 6.20 Å². The zero-order valence-corrected chi connectivity index (χ0v) is 15.7. The largest absolute Gasteiger partial charge is 0.339 e. The standard InChI is InChI=1S/C16H20ClN5O2S/c1-3-22(13-6-7-25(23,24)10-13)16-20-15(9-18-21-16)19-14-5-4-12(17)8-11(14)2/h4-5,8-9,13H,3,6-7,10H2,1-2H3,(H,19,20,21). The molecule has 7 nitrogen and oxygen atoms in total. The molecule has 2 heterocycles. The van der Waals surface area contributed by atoms with Crippen LogP contribution in [0.25, 0.3) is 0 Å². The number of nitrogens with one attached hydrogen (secondary N) is 1. The second-order valence-electron chi connectivity index (χ2n) is 6.07. The normalized spacial score (nSPS) is 18.9. The molecule has 1 fully saturated rings. The van der Waals surface area contributed by atoms with Crippen LogP contribution in [-0.4, -0.2) is 47.7 Å². The first-order valence-electron chi connectivity index (χ1n) is 8.08. The summed E-state index contributed by atoms with van der Waals surface area (Å²) in [5, 5.41) is 12.0. The third-order valence-electron chi connectivity index (χ3n) is 4.25. The van der Waals surface area contributed by atoms with Gasteiger partial charge in [0.2, 0.25) is 5.95 Å². The van der Waals surface area contributed by atoms with Crippen LogP contribution in [-0.2, 0) is 9.84 Å². The molecule has 1 aliphatic rings. The number of hydrogen-bond acceptors (Lipinski definition) is 7. The van der Waals surface area contributed by atoms with Crippen molar-refractivity contribution in [2.75, 3.05) is 28.3 Å². The highest BCUT2D eigenvalue weighted by Crippen LogP contribution is 2.25. The number of aromatic nitrogens is 3. The Balaban J connectivity index is 1.82. The molecule has 0 radical (unpaired) electrons. The maximum Gasteiger partial charge on any atom is 0.247 e. The van der Waals surface area contributed by atoms with Gasteiger partial charge in [-0.2, -0.15) is 10.1 Å². The van der Waals surface area contributed by atoms with Crippen LogP contribution in [0.1, 0.15) is 18.9 Å². The Labute approximate surface area is 152 Å². The lowest BCUT2D eigenvalue weighted by molar-refractivity contribution is 0.598. The van der Waals surface area contributed by atoms with Crippen molar-refractivity contribution in [3.63, 3.8) is 0 Å². The van der Waals surface area contributed by atoms with Crippen LogP contribution in [0.15, 0.2) is 24.4 Å². The molecule has 0 aliphatic carbocycles. The van der Waals surface area contributed by atoms with Gasteiger partial charge in [-0.1, -0.05) is 11.6 Å². The zero-order valence-electron chi connectivity index (χ0n) is 14.1. The average Bonchev–Trinajstić information content (AvgIpc) is 2.91. The quantitative estimate of drug-likeness (QED) is 0.851. The summed E-state index contributed by atoms with van der Waals surface area (Å²) in [6.07, 6.45) is 2.13. The van der Waals surface area contributed by atoms with Gasteiger partial charge < -0.3 is 10.2 Å². The first-order valence-corrected chi connectivity index (χ1v) is 10.3. The molecule has 0 saturated carbocycles. The van der Waals surface area contributed by atoms with E-state index < -0.39 is 9.84 Å². The van der Waals surface area contributed by atoms with E-state index in [1.807, 2.05) is 30.9 Å². The minimum absolute atomic E-state index is 0.107. The maximum absolute atomic E-state index is 11.8. The van der Waals surface area contributed by atoms with Gasteiger partial charge >= 0.3 is 0 Å². The fraction of sp³-hybridized carbons (Fsp3) is 0.438. The number of benzene rings is 1. The summed E-state index contributed by atoms with van der Waals surface area (Å²) in [5.41, 5.74) is 1.87. The summed E-state index contributed by atoms with van der Waals surface area (Å²) in [4.78, 5) is 6.41. The van der Waals surface area contributed by atoms with E-state index in [0.29, 0.717) is 29.8 Å². The van der Waals surface area contributed by atoms with Crippen LogP contribution in [0.2, 0.25) is 5.02 Å². The van der Waals surface area contributed by atoms with E-state index in [4.69, 9.17) is 11.6 Å². The molecule has 9 heteroatoms. The number of nitrogens with zero attached hydrogens (tertiary/aromatic N) is 4. The van der Waals surface area contributed by atoms with Crippen LogP contribution in [0.3, 0.4) is 0 Å². The monoisotopic (exact) mass is 381 g/mol. The van der Waals surface area contributed by atoms with E-state index in [1.54, 1.807) is 6.07 Å². The highest BCUT2D eigenvalue weighted by atomic mass is 35.5. The van der Waals surface area contributed by atoms with Crippen molar-refractivity contribution < 1.29 is 8.42 Å². The zero-order chi connectivity index (χ0) is 18.0. The number of halogens is 1. The number of hydrogen-bond donors (Lipinski definition) is 1. The minimum atomic E-state index is -2.97. The Morgan fingerprint density at radius 2 is 2.20 bits per heavy atom. The van der Waals surface area contributed by atoms with Gasteiger partial charge in [0, 0.05) is 23.3 Å². The molecule has 1 unspecified atom stereocenters. The first kappa shape index (κ1) is 17.9. The third-order valence-corrected chi connectivity index (χ3v) is 6.23. The average molecular weight is 382 g/mol. The minimum Gasteiger partial charge on any atom is -0.339 e. The number of aryl methyl sites for hydroxylation is 1. The predicted molar refractivity (Wildman–Crippen MR) is 99.4 cm³/mol. The van der Waals surface area contributed by atoms with Gasteiger partial charge in [0.05, 0.1) is 17.7 Å². The van der Waals surface area contributed by atoms with Crippen molar-refractivity contribution in [3.05, 3.63) is 35.0 Å². The molecule has 134 valence electrons. The summed E-state index contributed by atoms with van der Waals surface area (Å²) in [5.74, 6) is 1.33. The van der Waals surface area contributed by atoms with Crippen LogP contribution in [0.5, 0.6) is 0 Å². The Kier molecular flexibility index (Phi) is 5.10. The van der Waals surface area contributed by atoms with Gasteiger partial charge in [-0.05, 0) is 44.0 Å². The van der Waals surface area contributed by atoms with E-state index >= 15 is 0 Å². The molecule has 0 bridgehead atoms. The highest BCUT2D eigenvalue weighted by Gasteiger charge is 2.33. The van der Waals surface area contributed by atoms with Crippen molar-refractivity contribution in [1.82, 2.24) is 15.2 Å². The number of sulfone groups is 1.